The highest BCUT2D eigenvalue weighted by Crippen LogP contribution is 2.28. The molecule has 0 aliphatic carbocycles. The first-order valence-electron chi connectivity index (χ1n) is 28.8. The van der Waals surface area contributed by atoms with E-state index in [0.717, 1.165) is 52.6 Å². The van der Waals surface area contributed by atoms with Crippen LogP contribution in [-0.4, -0.2) is 170 Å². The third-order valence-corrected chi connectivity index (χ3v) is 15.8. The predicted molar refractivity (Wildman–Crippen MR) is 350 cm³/mol. The Morgan fingerprint density at radius 1 is 0.400 bits per heavy atom. The number of unbranched alkanes of at least 4 members (excludes halogenated alkanes) is 4. The van der Waals surface area contributed by atoms with Crippen LogP contribution in [0.5, 0.6) is 0 Å². The highest BCUT2D eigenvalue weighted by Gasteiger charge is 2.20. The molecule has 0 fully saturated rings. The molecule has 0 aliphatic rings. The van der Waals surface area contributed by atoms with Gasteiger partial charge in [0.2, 0.25) is 0 Å². The molecule has 0 amide bonds. The summed E-state index contributed by atoms with van der Waals surface area (Å²) in [4.78, 5) is 54.0. The van der Waals surface area contributed by atoms with Crippen molar-refractivity contribution in [3.05, 3.63) is 0 Å². The second kappa shape index (κ2) is 63.7. The van der Waals surface area contributed by atoms with E-state index in [2.05, 4.69) is 154 Å². The van der Waals surface area contributed by atoms with E-state index in [4.69, 9.17) is 18.9 Å². The number of ether oxygens (including phenoxy) is 4. The zero-order valence-corrected chi connectivity index (χ0v) is 55.8. The molecule has 5 atom stereocenters. The number of nitrogens with zero attached hydrogens (tertiary/aromatic N) is 3. The van der Waals surface area contributed by atoms with Crippen molar-refractivity contribution in [1.29, 1.82) is 0 Å². The second-order valence-electron chi connectivity index (χ2n) is 19.4. The Morgan fingerprint density at radius 2 is 0.693 bits per heavy atom. The van der Waals surface area contributed by atoms with Gasteiger partial charge in [0, 0.05) is 75.4 Å². The number of carbonyl (C=O) groups excluding carboxylic acids is 4. The Balaban J connectivity index is -0.000000580. The van der Waals surface area contributed by atoms with Gasteiger partial charge in [-0.25, -0.2) is 0 Å². The quantitative estimate of drug-likeness (QED) is 0.0169. The van der Waals surface area contributed by atoms with Crippen molar-refractivity contribution in [2.24, 2.45) is 29.6 Å². The molecular formula is C56H115N3O8S8. The third kappa shape index (κ3) is 57.6. The topological polar surface area (TPSA) is 115 Å². The van der Waals surface area contributed by atoms with E-state index in [1.165, 1.54) is 96.3 Å². The SMILES string of the molecule is CCCCC(CC)CS.CCCCC(CC)CS.CCCCC(CS)CC(C)C(CS)CCCC.CN(CCN(CCC(=O)OCCS)CCC(=O)OCCS)CCN(CCC(=O)OCCS)CCC(=O)OCCS. The molecule has 75 heavy (non-hydrogen) atoms. The Labute approximate surface area is 505 Å². The molecule has 0 aromatic heterocycles. The van der Waals surface area contributed by atoms with Gasteiger partial charge >= 0.3 is 23.9 Å². The van der Waals surface area contributed by atoms with Crippen molar-refractivity contribution in [1.82, 2.24) is 14.7 Å². The lowest BCUT2D eigenvalue weighted by Gasteiger charge is -2.27. The number of hydrogen-bond donors (Lipinski definition) is 8. The molecule has 11 nitrogen and oxygen atoms in total. The number of esters is 4. The van der Waals surface area contributed by atoms with Gasteiger partial charge in [-0.15, -0.1) is 0 Å². The van der Waals surface area contributed by atoms with Gasteiger partial charge in [0.05, 0.1) is 25.7 Å². The van der Waals surface area contributed by atoms with Crippen LogP contribution in [0.4, 0.5) is 0 Å². The molecule has 19 heteroatoms. The molecule has 0 spiro atoms. The number of thiol groups is 8. The molecule has 0 rings (SSSR count). The molecular weight excluding hydrogens is 1100 g/mol. The molecule has 0 saturated heterocycles. The molecule has 5 unspecified atom stereocenters. The van der Waals surface area contributed by atoms with E-state index in [0.29, 0.717) is 75.4 Å². The third-order valence-electron chi connectivity index (χ3n) is 13.0. The molecule has 0 saturated carbocycles. The monoisotopic (exact) mass is 1210 g/mol. The Morgan fingerprint density at radius 3 is 0.947 bits per heavy atom. The zero-order chi connectivity index (χ0) is 57.3. The second-order valence-corrected chi connectivity index (χ2v) is 22.7. The van der Waals surface area contributed by atoms with Crippen molar-refractivity contribution in [2.75, 3.05) is 132 Å². The molecule has 0 N–H and O–H groups in total. The number of hydrogen-bond acceptors (Lipinski definition) is 19. The van der Waals surface area contributed by atoms with Crippen molar-refractivity contribution >= 4 is 125 Å². The van der Waals surface area contributed by atoms with Gasteiger partial charge in [-0.3, -0.25) is 19.2 Å². The van der Waals surface area contributed by atoms with E-state index in [1.807, 2.05) is 16.8 Å². The van der Waals surface area contributed by atoms with Crippen LogP contribution in [0.25, 0.3) is 0 Å². The highest BCUT2D eigenvalue weighted by atomic mass is 32.1. The van der Waals surface area contributed by atoms with Gasteiger partial charge in [0.15, 0.2) is 0 Å². The van der Waals surface area contributed by atoms with Crippen molar-refractivity contribution < 1.29 is 38.1 Å². The summed E-state index contributed by atoms with van der Waals surface area (Å²) in [6, 6.07) is 0. The van der Waals surface area contributed by atoms with E-state index in [9.17, 15) is 19.2 Å². The maximum Gasteiger partial charge on any atom is 0.307 e. The summed E-state index contributed by atoms with van der Waals surface area (Å²) >= 11 is 33.8. The van der Waals surface area contributed by atoms with Crippen LogP contribution in [0, 0.1) is 29.6 Å². The first-order chi connectivity index (χ1) is 36.1. The van der Waals surface area contributed by atoms with Gasteiger partial charge in [-0.05, 0) is 91.8 Å². The molecule has 0 heterocycles. The van der Waals surface area contributed by atoms with Crippen LogP contribution in [0.15, 0.2) is 0 Å². The molecule has 0 bridgehead atoms. The van der Waals surface area contributed by atoms with E-state index >= 15 is 0 Å². The summed E-state index contributed by atoms with van der Waals surface area (Å²) in [5.41, 5.74) is 0. The van der Waals surface area contributed by atoms with E-state index in [-0.39, 0.29) is 76.0 Å². The summed E-state index contributed by atoms with van der Waals surface area (Å²) in [7, 11) is 1.97. The summed E-state index contributed by atoms with van der Waals surface area (Å²) in [5.74, 6) is 9.03. The highest BCUT2D eigenvalue weighted by molar-refractivity contribution is 7.81. The normalized spacial score (nSPS) is 13.1. The maximum absolute atomic E-state index is 12.0. The van der Waals surface area contributed by atoms with Gasteiger partial charge in [-0.1, -0.05) is 113 Å². The molecule has 0 radical (unpaired) electrons. The lowest BCUT2D eigenvalue weighted by Crippen LogP contribution is -2.40. The lowest BCUT2D eigenvalue weighted by molar-refractivity contribution is -0.145. The first-order valence-corrected chi connectivity index (χ1v) is 33.8. The van der Waals surface area contributed by atoms with Crippen LogP contribution in [0.1, 0.15) is 170 Å². The van der Waals surface area contributed by atoms with Crippen LogP contribution in [0.2, 0.25) is 0 Å². The number of carbonyl (C=O) groups is 4. The fourth-order valence-electron chi connectivity index (χ4n) is 7.68. The number of likely N-dealkylation sites (N-methyl/N-ethyl adjacent to an activating group) is 1. The van der Waals surface area contributed by atoms with Crippen LogP contribution in [-0.2, 0) is 38.1 Å². The van der Waals surface area contributed by atoms with E-state index in [1.54, 1.807) is 0 Å². The molecule has 0 aromatic carbocycles. The van der Waals surface area contributed by atoms with Crippen LogP contribution >= 0.6 is 101 Å². The van der Waals surface area contributed by atoms with Crippen molar-refractivity contribution in [3.8, 4) is 0 Å². The minimum absolute atomic E-state index is 0.212. The fourth-order valence-corrected chi connectivity index (χ4v) is 9.80. The Kier molecular flexibility index (Phi) is 69.7. The predicted octanol–water partition coefficient (Wildman–Crippen LogP) is 12.7. The minimum atomic E-state index is -0.304. The zero-order valence-electron chi connectivity index (χ0n) is 48.6. The average Bonchev–Trinajstić information content (AvgIpc) is 3.42. The summed E-state index contributed by atoms with van der Waals surface area (Å²) in [5, 5.41) is 0. The first kappa shape index (κ1) is 82.0. The van der Waals surface area contributed by atoms with Gasteiger partial charge in [0.25, 0.3) is 0 Å². The smallest absolute Gasteiger partial charge is 0.307 e. The average molecular weight is 1220 g/mol. The Hall–Kier alpha value is 0.560. The molecule has 0 aliphatic heterocycles. The van der Waals surface area contributed by atoms with Gasteiger partial charge in [-0.2, -0.15) is 101 Å². The largest absolute Gasteiger partial charge is 0.465 e. The summed E-state index contributed by atoms with van der Waals surface area (Å²) in [6.07, 6.45) is 21.0. The van der Waals surface area contributed by atoms with Gasteiger partial charge in [0.1, 0.15) is 26.4 Å². The number of rotatable bonds is 47. The summed E-state index contributed by atoms with van der Waals surface area (Å²) in [6.45, 7) is 21.4. The van der Waals surface area contributed by atoms with Crippen LogP contribution in [0.3, 0.4) is 0 Å². The van der Waals surface area contributed by atoms with Crippen LogP contribution < -0.4 is 0 Å². The van der Waals surface area contributed by atoms with Crippen molar-refractivity contribution in [2.45, 2.75) is 170 Å². The fraction of sp³-hybridized carbons (Fsp3) is 0.929. The minimum Gasteiger partial charge on any atom is -0.465 e. The lowest BCUT2D eigenvalue weighted by atomic mass is 9.83. The summed E-state index contributed by atoms with van der Waals surface area (Å²) < 4.78 is 20.4. The maximum atomic E-state index is 12.0. The standard InChI is InChI=1S/C25H47N3O8S4.C15H32S2.2C8H18S/c1-26(10-12-27(6-2-22(29)33-14-18-37)7-3-23(30)34-15-19-38)11-13-28(8-4-24(31)35-16-20-39)9-5-25(32)36-17-21-40;1-4-6-8-14(11-16)10-13(3)15(12-17)9-7-5-2;2*1-3-5-6-8(4-2)7-9/h37-40H,2-21H2,1H3;13-17H,4-12H2,1-3H3;2*8-9H,3-7H2,1-2H3. The van der Waals surface area contributed by atoms with Gasteiger partial charge < -0.3 is 33.6 Å². The Bertz CT molecular complexity index is 1130. The molecule has 0 aromatic rings. The van der Waals surface area contributed by atoms with Crippen molar-refractivity contribution in [3.63, 3.8) is 0 Å². The van der Waals surface area contributed by atoms with E-state index < -0.39 is 0 Å². The molecule has 450 valence electrons.